The van der Waals surface area contributed by atoms with Gasteiger partial charge in [-0.15, -0.1) is 0 Å². The standard InChI is InChI=1S/C61H39N3O2/c1-36-30-32-49(46-27-15-26-45-42-22-11-13-28-52(42)65-59(45)46)62-61(63-57(36)38-17-3-2-4-18-38)56-43-23-9-10-24-44(43)58(60-55(56)47-25-12-14-29-53(47)66-60)64-50-33-31-37-16-7-8-21-41(37)54(50)48-34-39-19-5-6-20-40(39)35-51(48)64/h2-29,31-36H,30H2,1H3/b49-32+,62-61?,63-57?. The second-order valence-corrected chi connectivity index (χ2v) is 17.6. The Kier molecular flexibility index (Phi) is 7.96. The molecule has 310 valence electrons. The zero-order valence-electron chi connectivity index (χ0n) is 36.0. The van der Waals surface area contributed by atoms with E-state index in [0.29, 0.717) is 5.84 Å². The van der Waals surface area contributed by atoms with Crippen molar-refractivity contribution in [3.8, 4) is 5.69 Å². The molecule has 5 nitrogen and oxygen atoms in total. The van der Waals surface area contributed by atoms with Gasteiger partial charge in [-0.25, -0.2) is 9.98 Å². The fraction of sp³-hybridized carbons (Fsp3) is 0.0492. The van der Waals surface area contributed by atoms with Gasteiger partial charge in [-0.1, -0.05) is 171 Å². The number of hydrogen-bond donors (Lipinski definition) is 0. The first kappa shape index (κ1) is 36.9. The number of fused-ring (bicyclic) bond motifs is 13. The number of rotatable bonds is 4. The minimum absolute atomic E-state index is 0.0761. The maximum absolute atomic E-state index is 7.26. The molecule has 0 saturated heterocycles. The number of benzene rings is 10. The van der Waals surface area contributed by atoms with E-state index in [-0.39, 0.29) is 5.92 Å². The van der Waals surface area contributed by atoms with Crippen LogP contribution in [0.15, 0.2) is 219 Å². The summed E-state index contributed by atoms with van der Waals surface area (Å²) in [4.78, 5) is 11.5. The van der Waals surface area contributed by atoms with Crippen molar-refractivity contribution in [3.05, 3.63) is 217 Å². The third-order valence-electron chi connectivity index (χ3n) is 13.8. The molecule has 0 fully saturated rings. The van der Waals surface area contributed by atoms with Gasteiger partial charge in [-0.2, -0.15) is 0 Å². The molecule has 3 aromatic heterocycles. The quantitative estimate of drug-likeness (QED) is 0.177. The number of amidine groups is 1. The lowest BCUT2D eigenvalue weighted by molar-refractivity contribution is 0.666. The van der Waals surface area contributed by atoms with Crippen LogP contribution in [0, 0.1) is 5.92 Å². The Morgan fingerprint density at radius 2 is 1.11 bits per heavy atom. The van der Waals surface area contributed by atoms with E-state index in [0.717, 1.165) is 106 Å². The molecule has 4 heterocycles. The number of furan rings is 2. The van der Waals surface area contributed by atoms with E-state index in [1.165, 1.54) is 32.3 Å². The largest absolute Gasteiger partial charge is 0.455 e. The summed E-state index contributed by atoms with van der Waals surface area (Å²) < 4.78 is 16.4. The van der Waals surface area contributed by atoms with Crippen molar-refractivity contribution in [1.82, 2.24) is 4.57 Å². The van der Waals surface area contributed by atoms with Crippen LogP contribution in [-0.2, 0) is 0 Å². The molecule has 0 bridgehead atoms. The van der Waals surface area contributed by atoms with Crippen LogP contribution >= 0.6 is 0 Å². The van der Waals surface area contributed by atoms with Crippen molar-refractivity contribution in [2.75, 3.05) is 0 Å². The third-order valence-corrected chi connectivity index (χ3v) is 13.8. The fourth-order valence-electron chi connectivity index (χ4n) is 10.8. The molecule has 0 amide bonds. The van der Waals surface area contributed by atoms with Crippen molar-refractivity contribution in [3.63, 3.8) is 0 Å². The summed E-state index contributed by atoms with van der Waals surface area (Å²) >= 11 is 0. The first-order valence-electron chi connectivity index (χ1n) is 22.7. The molecule has 0 saturated carbocycles. The molecule has 1 aliphatic heterocycles. The minimum atomic E-state index is 0.0761. The summed E-state index contributed by atoms with van der Waals surface area (Å²) in [6.07, 6.45) is 3.02. The molecule has 66 heavy (non-hydrogen) atoms. The van der Waals surface area contributed by atoms with Crippen LogP contribution < -0.4 is 0 Å². The van der Waals surface area contributed by atoms with Crippen molar-refractivity contribution in [2.45, 2.75) is 13.3 Å². The Morgan fingerprint density at radius 3 is 1.92 bits per heavy atom. The van der Waals surface area contributed by atoms with Crippen LogP contribution in [0.3, 0.4) is 0 Å². The summed E-state index contributed by atoms with van der Waals surface area (Å²) in [5.74, 6) is 0.699. The molecule has 1 aliphatic rings. The second-order valence-electron chi connectivity index (χ2n) is 17.6. The first-order valence-corrected chi connectivity index (χ1v) is 22.7. The maximum atomic E-state index is 7.26. The smallest absolute Gasteiger partial charge is 0.161 e. The highest BCUT2D eigenvalue weighted by molar-refractivity contribution is 6.32. The third kappa shape index (κ3) is 5.40. The van der Waals surface area contributed by atoms with Crippen LogP contribution in [0.1, 0.15) is 30.0 Å². The van der Waals surface area contributed by atoms with Gasteiger partial charge >= 0.3 is 0 Å². The summed E-state index contributed by atoms with van der Waals surface area (Å²) in [5.41, 5.74) is 11.2. The van der Waals surface area contributed by atoms with Crippen LogP contribution in [0.2, 0.25) is 0 Å². The van der Waals surface area contributed by atoms with E-state index in [1.807, 2.05) is 12.1 Å². The highest BCUT2D eigenvalue weighted by atomic mass is 16.3. The number of nitrogens with zero attached hydrogens (tertiary/aromatic N) is 3. The van der Waals surface area contributed by atoms with Gasteiger partial charge in [0.25, 0.3) is 0 Å². The maximum Gasteiger partial charge on any atom is 0.161 e. The Morgan fingerprint density at radius 1 is 0.470 bits per heavy atom. The number of aromatic nitrogens is 1. The van der Waals surface area contributed by atoms with Crippen molar-refractivity contribution < 1.29 is 8.83 Å². The average molecular weight is 846 g/mol. The normalized spacial score (nSPS) is 15.6. The zero-order chi connectivity index (χ0) is 43.5. The van der Waals surface area contributed by atoms with Crippen LogP contribution in [-0.4, -0.2) is 16.1 Å². The van der Waals surface area contributed by atoms with Crippen LogP contribution in [0.5, 0.6) is 0 Å². The molecule has 1 atom stereocenters. The molecule has 0 spiro atoms. The SMILES string of the molecule is CC1C/C=C(\c2cccc3c2oc2ccccc23)N=C(c2c3ccccc3c(-n3c4cc5ccccc5cc4c4c5ccccc5ccc43)c3oc4ccccc4c23)N=C1c1ccccc1. The lowest BCUT2D eigenvalue weighted by Crippen LogP contribution is -2.17. The monoisotopic (exact) mass is 845 g/mol. The Bertz CT molecular complexity index is 4270. The van der Waals surface area contributed by atoms with Crippen molar-refractivity contribution >= 4 is 115 Å². The van der Waals surface area contributed by atoms with Gasteiger partial charge in [0.05, 0.1) is 28.1 Å². The van der Waals surface area contributed by atoms with E-state index in [2.05, 4.69) is 200 Å². The molecule has 0 aliphatic carbocycles. The molecule has 5 heteroatoms. The van der Waals surface area contributed by atoms with E-state index in [4.69, 9.17) is 18.8 Å². The summed E-state index contributed by atoms with van der Waals surface area (Å²) in [6.45, 7) is 2.27. The molecular weight excluding hydrogens is 807 g/mol. The zero-order valence-corrected chi connectivity index (χ0v) is 36.0. The highest BCUT2D eigenvalue weighted by Crippen LogP contribution is 2.47. The molecule has 14 rings (SSSR count). The summed E-state index contributed by atoms with van der Waals surface area (Å²) in [7, 11) is 0. The van der Waals surface area contributed by atoms with Gasteiger partial charge in [0.1, 0.15) is 16.7 Å². The minimum Gasteiger partial charge on any atom is -0.455 e. The number of para-hydroxylation sites is 3. The topological polar surface area (TPSA) is 55.9 Å². The van der Waals surface area contributed by atoms with E-state index in [9.17, 15) is 0 Å². The van der Waals surface area contributed by atoms with Gasteiger partial charge in [0.15, 0.2) is 11.4 Å². The number of aliphatic imine (C=N–C) groups is 2. The van der Waals surface area contributed by atoms with Crippen molar-refractivity contribution in [1.29, 1.82) is 0 Å². The fourth-order valence-corrected chi connectivity index (χ4v) is 10.8. The Balaban J connectivity index is 1.14. The van der Waals surface area contributed by atoms with E-state index < -0.39 is 0 Å². The van der Waals surface area contributed by atoms with Crippen LogP contribution in [0.25, 0.3) is 109 Å². The Hall–Kier alpha value is -8.54. The van der Waals surface area contributed by atoms with Gasteiger partial charge in [-0.3, -0.25) is 0 Å². The lowest BCUT2D eigenvalue weighted by Gasteiger charge is -2.20. The average Bonchev–Trinajstić information content (AvgIpc) is 4.04. The summed E-state index contributed by atoms with van der Waals surface area (Å²) in [6, 6.07) is 69.0. The Labute approximate surface area is 378 Å². The molecule has 10 aromatic carbocycles. The van der Waals surface area contributed by atoms with Gasteiger partial charge in [0, 0.05) is 54.7 Å². The first-order chi connectivity index (χ1) is 32.7. The lowest BCUT2D eigenvalue weighted by atomic mass is 9.92. The predicted molar refractivity (Wildman–Crippen MR) is 276 cm³/mol. The van der Waals surface area contributed by atoms with Gasteiger partial charge < -0.3 is 13.4 Å². The molecule has 0 N–H and O–H groups in total. The van der Waals surface area contributed by atoms with Gasteiger partial charge in [-0.05, 0) is 75.3 Å². The van der Waals surface area contributed by atoms with Crippen LogP contribution in [0.4, 0.5) is 0 Å². The molecular formula is C61H39N3O2. The number of hydrogen-bond acceptors (Lipinski definition) is 4. The second kappa shape index (κ2) is 14.2. The van der Waals surface area contributed by atoms with E-state index >= 15 is 0 Å². The predicted octanol–water partition coefficient (Wildman–Crippen LogP) is 16.4. The van der Waals surface area contributed by atoms with Crippen molar-refractivity contribution in [2.24, 2.45) is 15.9 Å². The van der Waals surface area contributed by atoms with Gasteiger partial charge in [0.2, 0.25) is 0 Å². The molecule has 1 unspecified atom stereocenters. The summed E-state index contributed by atoms with van der Waals surface area (Å²) in [5, 5.41) is 13.4. The molecule has 0 radical (unpaired) electrons. The highest BCUT2D eigenvalue weighted by Gasteiger charge is 2.29. The number of allylic oxidation sites excluding steroid dienone is 1. The van der Waals surface area contributed by atoms with E-state index in [1.54, 1.807) is 0 Å². The molecule has 13 aromatic rings.